The fourth-order valence-electron chi connectivity index (χ4n) is 2.99. The Kier molecular flexibility index (Phi) is 6.12. The molecule has 0 bridgehead atoms. The number of para-hydroxylation sites is 2. The van der Waals surface area contributed by atoms with Gasteiger partial charge in [-0.05, 0) is 38.8 Å². The van der Waals surface area contributed by atoms with Crippen molar-refractivity contribution in [3.05, 3.63) is 30.1 Å². The SMILES string of the molecule is CCC(CC)C(=O)NCCc1nc2ccccc2n1C(C)C(C)=O. The van der Waals surface area contributed by atoms with E-state index in [1.54, 1.807) is 6.92 Å². The molecule has 2 aromatic rings. The quantitative estimate of drug-likeness (QED) is 0.808. The Morgan fingerprint density at radius 2 is 1.88 bits per heavy atom. The molecule has 1 unspecified atom stereocenters. The van der Waals surface area contributed by atoms with Crippen molar-refractivity contribution in [3.63, 3.8) is 0 Å². The average molecular weight is 329 g/mol. The summed E-state index contributed by atoms with van der Waals surface area (Å²) < 4.78 is 1.99. The van der Waals surface area contributed by atoms with Crippen LogP contribution < -0.4 is 5.32 Å². The minimum Gasteiger partial charge on any atom is -0.355 e. The van der Waals surface area contributed by atoms with Crippen LogP contribution in [0.5, 0.6) is 0 Å². The highest BCUT2D eigenvalue weighted by molar-refractivity contribution is 5.84. The minimum absolute atomic E-state index is 0.0694. The molecule has 0 aliphatic carbocycles. The molecular formula is C19H27N3O2. The molecule has 1 N–H and O–H groups in total. The summed E-state index contributed by atoms with van der Waals surface area (Å²) in [6.45, 7) is 8.08. The number of hydrogen-bond donors (Lipinski definition) is 1. The van der Waals surface area contributed by atoms with Gasteiger partial charge in [-0.2, -0.15) is 0 Å². The number of hydrogen-bond acceptors (Lipinski definition) is 3. The first-order chi connectivity index (χ1) is 11.5. The van der Waals surface area contributed by atoms with E-state index in [-0.39, 0.29) is 23.7 Å². The predicted molar refractivity (Wildman–Crippen MR) is 95.9 cm³/mol. The molecule has 1 aromatic heterocycles. The Morgan fingerprint density at radius 1 is 1.21 bits per heavy atom. The van der Waals surface area contributed by atoms with Gasteiger partial charge in [-0.3, -0.25) is 9.59 Å². The molecule has 1 heterocycles. The zero-order valence-corrected chi connectivity index (χ0v) is 15.0. The minimum atomic E-state index is -0.262. The van der Waals surface area contributed by atoms with Crippen LogP contribution in [0.25, 0.3) is 11.0 Å². The first-order valence-electron chi connectivity index (χ1n) is 8.73. The van der Waals surface area contributed by atoms with Crippen molar-refractivity contribution in [1.29, 1.82) is 0 Å². The van der Waals surface area contributed by atoms with Gasteiger partial charge in [0.2, 0.25) is 5.91 Å². The van der Waals surface area contributed by atoms with E-state index >= 15 is 0 Å². The van der Waals surface area contributed by atoms with Crippen LogP contribution in [0.15, 0.2) is 24.3 Å². The number of nitrogens with zero attached hydrogens (tertiary/aromatic N) is 2. The van der Waals surface area contributed by atoms with Crippen LogP contribution in [-0.4, -0.2) is 27.8 Å². The third-order valence-electron chi connectivity index (χ3n) is 4.65. The number of amides is 1. The lowest BCUT2D eigenvalue weighted by Crippen LogP contribution is -2.32. The number of carbonyl (C=O) groups is 2. The summed E-state index contributed by atoms with van der Waals surface area (Å²) in [7, 11) is 0. The van der Waals surface area contributed by atoms with Crippen LogP contribution in [0.1, 0.15) is 52.4 Å². The van der Waals surface area contributed by atoms with Gasteiger partial charge in [-0.1, -0.05) is 26.0 Å². The van der Waals surface area contributed by atoms with E-state index in [0.717, 1.165) is 29.7 Å². The third kappa shape index (κ3) is 3.83. The molecule has 2 rings (SSSR count). The maximum Gasteiger partial charge on any atom is 0.223 e. The normalized spacial score (nSPS) is 12.5. The molecule has 0 fully saturated rings. The Balaban J connectivity index is 2.18. The highest BCUT2D eigenvalue weighted by Gasteiger charge is 2.19. The zero-order chi connectivity index (χ0) is 17.7. The largest absolute Gasteiger partial charge is 0.355 e. The Morgan fingerprint density at radius 3 is 2.50 bits per heavy atom. The summed E-state index contributed by atoms with van der Waals surface area (Å²) >= 11 is 0. The number of imidazole rings is 1. The van der Waals surface area contributed by atoms with E-state index in [1.165, 1.54) is 0 Å². The van der Waals surface area contributed by atoms with Gasteiger partial charge in [0.1, 0.15) is 5.82 Å². The van der Waals surface area contributed by atoms with Crippen molar-refractivity contribution in [2.75, 3.05) is 6.54 Å². The number of aromatic nitrogens is 2. The van der Waals surface area contributed by atoms with Crippen molar-refractivity contribution in [2.45, 2.75) is 53.0 Å². The maximum absolute atomic E-state index is 12.1. The van der Waals surface area contributed by atoms with Crippen LogP contribution in [0.2, 0.25) is 0 Å². The number of fused-ring (bicyclic) bond motifs is 1. The van der Waals surface area contributed by atoms with Crippen LogP contribution in [-0.2, 0) is 16.0 Å². The Hall–Kier alpha value is -2.17. The lowest BCUT2D eigenvalue weighted by Gasteiger charge is -2.16. The molecule has 5 nitrogen and oxygen atoms in total. The number of ketones is 1. The Bertz CT molecular complexity index is 716. The molecule has 130 valence electrons. The molecule has 1 amide bonds. The van der Waals surface area contributed by atoms with Crippen molar-refractivity contribution < 1.29 is 9.59 Å². The molecule has 0 aliphatic rings. The summed E-state index contributed by atoms with van der Waals surface area (Å²) in [5.74, 6) is 1.10. The summed E-state index contributed by atoms with van der Waals surface area (Å²) in [6.07, 6.45) is 2.31. The molecule has 0 saturated heterocycles. The zero-order valence-electron chi connectivity index (χ0n) is 15.0. The second kappa shape index (κ2) is 8.08. The van der Waals surface area contributed by atoms with Gasteiger partial charge in [0, 0.05) is 18.9 Å². The predicted octanol–water partition coefficient (Wildman–Crippen LogP) is 3.28. The molecule has 5 heteroatoms. The second-order valence-electron chi connectivity index (χ2n) is 6.23. The molecule has 0 saturated carbocycles. The van der Waals surface area contributed by atoms with Gasteiger partial charge in [0.05, 0.1) is 17.1 Å². The van der Waals surface area contributed by atoms with Gasteiger partial charge >= 0.3 is 0 Å². The van der Waals surface area contributed by atoms with Gasteiger partial charge in [-0.15, -0.1) is 0 Å². The lowest BCUT2D eigenvalue weighted by molar-refractivity contribution is -0.125. The van der Waals surface area contributed by atoms with Crippen molar-refractivity contribution >= 4 is 22.7 Å². The summed E-state index contributed by atoms with van der Waals surface area (Å²) in [5, 5.41) is 3.00. The first kappa shape index (κ1) is 18.2. The average Bonchev–Trinajstić information content (AvgIpc) is 2.93. The maximum atomic E-state index is 12.1. The number of rotatable bonds is 8. The summed E-state index contributed by atoms with van der Waals surface area (Å²) in [6, 6.07) is 7.56. The second-order valence-corrected chi connectivity index (χ2v) is 6.23. The van der Waals surface area contributed by atoms with Gasteiger partial charge < -0.3 is 9.88 Å². The van der Waals surface area contributed by atoms with E-state index in [9.17, 15) is 9.59 Å². The van der Waals surface area contributed by atoms with Crippen LogP contribution >= 0.6 is 0 Å². The highest BCUT2D eigenvalue weighted by Crippen LogP contribution is 2.22. The van der Waals surface area contributed by atoms with Crippen molar-refractivity contribution in [2.24, 2.45) is 5.92 Å². The van der Waals surface area contributed by atoms with Gasteiger partial charge in [0.25, 0.3) is 0 Å². The smallest absolute Gasteiger partial charge is 0.223 e. The number of carbonyl (C=O) groups excluding carboxylic acids is 2. The van der Waals surface area contributed by atoms with Crippen LogP contribution in [0, 0.1) is 5.92 Å². The van der Waals surface area contributed by atoms with Crippen LogP contribution in [0.4, 0.5) is 0 Å². The monoisotopic (exact) mass is 329 g/mol. The molecular weight excluding hydrogens is 302 g/mol. The topological polar surface area (TPSA) is 64.0 Å². The molecule has 0 spiro atoms. The molecule has 1 aromatic carbocycles. The van der Waals surface area contributed by atoms with E-state index in [4.69, 9.17) is 0 Å². The number of benzene rings is 1. The molecule has 0 radical (unpaired) electrons. The van der Waals surface area contributed by atoms with Gasteiger partial charge in [-0.25, -0.2) is 4.98 Å². The highest BCUT2D eigenvalue weighted by atomic mass is 16.1. The fraction of sp³-hybridized carbons (Fsp3) is 0.526. The Labute approximate surface area is 143 Å². The number of nitrogens with one attached hydrogen (secondary N) is 1. The van der Waals surface area contributed by atoms with Crippen molar-refractivity contribution in [3.8, 4) is 0 Å². The first-order valence-corrected chi connectivity index (χ1v) is 8.73. The van der Waals surface area contributed by atoms with Crippen LogP contribution in [0.3, 0.4) is 0 Å². The van der Waals surface area contributed by atoms with E-state index in [2.05, 4.69) is 10.3 Å². The fourth-order valence-corrected chi connectivity index (χ4v) is 2.99. The number of Topliss-reactive ketones (excluding diaryl/α,β-unsaturated/α-hetero) is 1. The molecule has 24 heavy (non-hydrogen) atoms. The summed E-state index contributed by atoms with van der Waals surface area (Å²) in [5.41, 5.74) is 1.84. The summed E-state index contributed by atoms with van der Waals surface area (Å²) in [4.78, 5) is 28.6. The van der Waals surface area contributed by atoms with Gasteiger partial charge in [0.15, 0.2) is 5.78 Å². The van der Waals surface area contributed by atoms with E-state index in [0.29, 0.717) is 13.0 Å². The van der Waals surface area contributed by atoms with E-state index < -0.39 is 0 Å². The third-order valence-corrected chi connectivity index (χ3v) is 4.65. The van der Waals surface area contributed by atoms with Crippen molar-refractivity contribution in [1.82, 2.24) is 14.9 Å². The lowest BCUT2D eigenvalue weighted by atomic mass is 10.0. The van der Waals surface area contributed by atoms with E-state index in [1.807, 2.05) is 49.6 Å². The molecule has 0 aliphatic heterocycles. The standard InChI is InChI=1S/C19H27N3O2/c1-5-15(6-2)19(24)20-12-11-18-21-16-9-7-8-10-17(16)22(18)13(3)14(4)23/h7-10,13,15H,5-6,11-12H2,1-4H3,(H,20,24). The molecule has 1 atom stereocenters.